The Labute approximate surface area is 176 Å². The summed E-state index contributed by atoms with van der Waals surface area (Å²) in [5.41, 5.74) is 3.31. The average molecular weight is 432 g/mol. The lowest BCUT2D eigenvalue weighted by atomic mass is 10.2. The van der Waals surface area contributed by atoms with Gasteiger partial charge in [0.2, 0.25) is 10.0 Å². The van der Waals surface area contributed by atoms with Gasteiger partial charge in [-0.15, -0.1) is 0 Å². The first-order valence-corrected chi connectivity index (χ1v) is 11.0. The number of nitrogens with one attached hydrogen (secondary N) is 1. The molecule has 1 N–H and O–H groups in total. The van der Waals surface area contributed by atoms with Gasteiger partial charge in [-0.05, 0) is 43.2 Å². The van der Waals surface area contributed by atoms with Crippen LogP contribution in [-0.4, -0.2) is 52.2 Å². The second kappa shape index (κ2) is 9.73. The molecule has 0 atom stereocenters. The van der Waals surface area contributed by atoms with E-state index in [0.717, 1.165) is 19.3 Å². The van der Waals surface area contributed by atoms with Crippen LogP contribution in [0.25, 0.3) is 0 Å². The molecule has 0 saturated carbocycles. The normalized spacial score (nSPS) is 15.1. The molecule has 1 aliphatic rings. The number of hydrazone groups is 1. The number of methoxy groups -OCH3 is 2. The molecule has 9 heteroatoms. The third-order valence-corrected chi connectivity index (χ3v) is 6.70. The molecule has 1 fully saturated rings. The summed E-state index contributed by atoms with van der Waals surface area (Å²) in [5.74, 6) is 0.687. The van der Waals surface area contributed by atoms with Gasteiger partial charge in [-0.25, -0.2) is 13.8 Å². The first-order chi connectivity index (χ1) is 14.4. The Morgan fingerprint density at radius 1 is 1.03 bits per heavy atom. The molecule has 0 aromatic heterocycles. The quantitative estimate of drug-likeness (QED) is 0.537. The second-order valence-corrected chi connectivity index (χ2v) is 8.78. The molecule has 3 rings (SSSR count). The Morgan fingerprint density at radius 3 is 2.33 bits per heavy atom. The van der Waals surface area contributed by atoms with Crippen molar-refractivity contribution >= 4 is 22.1 Å². The lowest BCUT2D eigenvalue weighted by Crippen LogP contribution is -2.35. The van der Waals surface area contributed by atoms with Gasteiger partial charge in [0, 0.05) is 30.3 Å². The van der Waals surface area contributed by atoms with Crippen molar-refractivity contribution in [2.75, 3.05) is 27.3 Å². The van der Waals surface area contributed by atoms with Crippen LogP contribution in [0.2, 0.25) is 0 Å². The highest BCUT2D eigenvalue weighted by Crippen LogP contribution is 2.22. The molecular formula is C21H25N3O5S. The van der Waals surface area contributed by atoms with Crippen molar-refractivity contribution in [1.29, 1.82) is 0 Å². The third-order valence-electron chi connectivity index (χ3n) is 4.80. The number of benzene rings is 2. The molecule has 0 spiro atoms. The van der Waals surface area contributed by atoms with E-state index in [-0.39, 0.29) is 10.5 Å². The molecule has 0 unspecified atom stereocenters. The Balaban J connectivity index is 1.72. The minimum Gasteiger partial charge on any atom is -0.497 e. The molecule has 1 amide bonds. The monoisotopic (exact) mass is 431 g/mol. The fourth-order valence-corrected chi connectivity index (χ4v) is 4.75. The number of rotatable bonds is 7. The number of hydrogen-bond donors (Lipinski definition) is 1. The van der Waals surface area contributed by atoms with Crippen molar-refractivity contribution in [3.8, 4) is 11.5 Å². The summed E-state index contributed by atoms with van der Waals surface area (Å²) in [6.45, 7) is 1.01. The summed E-state index contributed by atoms with van der Waals surface area (Å²) < 4.78 is 37.5. The minimum atomic E-state index is -3.61. The Morgan fingerprint density at radius 2 is 1.70 bits per heavy atom. The van der Waals surface area contributed by atoms with Crippen molar-refractivity contribution in [2.45, 2.75) is 24.2 Å². The predicted octanol–water partition coefficient (Wildman–Crippen LogP) is 2.64. The van der Waals surface area contributed by atoms with E-state index < -0.39 is 15.9 Å². The Hall–Kier alpha value is -2.91. The Kier molecular flexibility index (Phi) is 7.07. The van der Waals surface area contributed by atoms with E-state index in [0.29, 0.717) is 30.2 Å². The largest absolute Gasteiger partial charge is 0.497 e. The third kappa shape index (κ3) is 5.17. The maximum Gasteiger partial charge on any atom is 0.271 e. The van der Waals surface area contributed by atoms with Gasteiger partial charge in [-0.1, -0.05) is 12.5 Å². The zero-order valence-corrected chi connectivity index (χ0v) is 17.8. The highest BCUT2D eigenvalue weighted by molar-refractivity contribution is 7.89. The first-order valence-electron chi connectivity index (χ1n) is 9.61. The van der Waals surface area contributed by atoms with Crippen LogP contribution in [0.15, 0.2) is 52.5 Å². The topological polar surface area (TPSA) is 97.3 Å². The van der Waals surface area contributed by atoms with Crippen LogP contribution in [0, 0.1) is 0 Å². The van der Waals surface area contributed by atoms with E-state index in [2.05, 4.69) is 10.5 Å². The number of nitrogens with zero attached hydrogens (tertiary/aromatic N) is 2. The van der Waals surface area contributed by atoms with Crippen molar-refractivity contribution in [3.05, 3.63) is 53.6 Å². The van der Waals surface area contributed by atoms with Crippen LogP contribution in [0.1, 0.15) is 35.2 Å². The average Bonchev–Trinajstić information content (AvgIpc) is 2.79. The molecule has 30 heavy (non-hydrogen) atoms. The van der Waals surface area contributed by atoms with Gasteiger partial charge in [-0.2, -0.15) is 9.41 Å². The van der Waals surface area contributed by atoms with Gasteiger partial charge in [0.15, 0.2) is 0 Å². The number of ether oxygens (including phenoxy) is 2. The van der Waals surface area contributed by atoms with Crippen molar-refractivity contribution in [2.24, 2.45) is 5.10 Å². The first kappa shape index (κ1) is 21.8. The molecular weight excluding hydrogens is 406 g/mol. The number of amides is 1. The maximum absolute atomic E-state index is 12.8. The van der Waals surface area contributed by atoms with Crippen LogP contribution < -0.4 is 14.9 Å². The fourth-order valence-electron chi connectivity index (χ4n) is 3.19. The minimum absolute atomic E-state index is 0.110. The van der Waals surface area contributed by atoms with E-state index in [1.54, 1.807) is 44.6 Å². The number of carbonyl (C=O) groups excluding carboxylic acids is 1. The number of hydrogen-bond acceptors (Lipinski definition) is 6. The molecule has 160 valence electrons. The van der Waals surface area contributed by atoms with E-state index in [1.807, 2.05) is 0 Å². The van der Waals surface area contributed by atoms with Crippen LogP contribution in [0.5, 0.6) is 11.5 Å². The van der Waals surface area contributed by atoms with Gasteiger partial charge in [0.1, 0.15) is 11.5 Å². The maximum atomic E-state index is 12.8. The zero-order valence-electron chi connectivity index (χ0n) is 17.0. The van der Waals surface area contributed by atoms with E-state index in [9.17, 15) is 13.2 Å². The summed E-state index contributed by atoms with van der Waals surface area (Å²) in [6.07, 6.45) is 4.19. The summed E-state index contributed by atoms with van der Waals surface area (Å²) in [7, 11) is -0.522. The van der Waals surface area contributed by atoms with Gasteiger partial charge < -0.3 is 9.47 Å². The lowest BCUT2D eigenvalue weighted by molar-refractivity contribution is 0.0955. The summed E-state index contributed by atoms with van der Waals surface area (Å²) in [4.78, 5) is 12.6. The molecule has 8 nitrogen and oxygen atoms in total. The molecule has 1 saturated heterocycles. The van der Waals surface area contributed by atoms with E-state index in [4.69, 9.17) is 9.47 Å². The SMILES string of the molecule is COc1cc(/C=N\NC(=O)c2cccc(S(=O)(=O)N3CCCCC3)c2)cc(OC)c1. The van der Waals surface area contributed by atoms with Crippen LogP contribution in [0.4, 0.5) is 0 Å². The molecule has 0 aliphatic carbocycles. The number of sulfonamides is 1. The smallest absolute Gasteiger partial charge is 0.271 e. The lowest BCUT2D eigenvalue weighted by Gasteiger charge is -2.25. The molecule has 1 heterocycles. The molecule has 1 aliphatic heterocycles. The Bertz CT molecular complexity index is 1010. The molecule has 0 bridgehead atoms. The number of carbonyl (C=O) groups is 1. The summed E-state index contributed by atoms with van der Waals surface area (Å²) >= 11 is 0. The standard InChI is InChI=1S/C21H25N3O5S/c1-28-18-11-16(12-19(14-18)29-2)15-22-23-21(25)17-7-6-8-20(13-17)30(26,27)24-9-4-3-5-10-24/h6-8,11-15H,3-5,9-10H2,1-2H3,(H,23,25)/b22-15-. The van der Waals surface area contributed by atoms with Gasteiger partial charge in [0.25, 0.3) is 5.91 Å². The van der Waals surface area contributed by atoms with Gasteiger partial charge in [-0.3, -0.25) is 4.79 Å². The van der Waals surface area contributed by atoms with Gasteiger partial charge in [0.05, 0.1) is 25.3 Å². The number of piperidine rings is 1. The second-order valence-electron chi connectivity index (χ2n) is 6.84. The van der Waals surface area contributed by atoms with Crippen LogP contribution in [-0.2, 0) is 10.0 Å². The predicted molar refractivity (Wildman–Crippen MR) is 114 cm³/mol. The highest BCUT2D eigenvalue weighted by atomic mass is 32.2. The van der Waals surface area contributed by atoms with Crippen LogP contribution >= 0.6 is 0 Å². The molecule has 0 radical (unpaired) electrons. The summed E-state index contributed by atoms with van der Waals surface area (Å²) in [5, 5.41) is 3.95. The zero-order chi connectivity index (χ0) is 21.6. The van der Waals surface area contributed by atoms with E-state index in [1.165, 1.54) is 22.7 Å². The van der Waals surface area contributed by atoms with Crippen molar-refractivity contribution in [3.63, 3.8) is 0 Å². The van der Waals surface area contributed by atoms with Crippen molar-refractivity contribution < 1.29 is 22.7 Å². The summed E-state index contributed by atoms with van der Waals surface area (Å²) in [6, 6.07) is 11.2. The van der Waals surface area contributed by atoms with E-state index >= 15 is 0 Å². The van der Waals surface area contributed by atoms with Crippen LogP contribution in [0.3, 0.4) is 0 Å². The highest BCUT2D eigenvalue weighted by Gasteiger charge is 2.26. The fraction of sp³-hybridized carbons (Fsp3) is 0.333. The van der Waals surface area contributed by atoms with Crippen molar-refractivity contribution in [1.82, 2.24) is 9.73 Å². The molecule has 2 aromatic carbocycles. The molecule has 2 aromatic rings. The van der Waals surface area contributed by atoms with Gasteiger partial charge >= 0.3 is 0 Å².